The summed E-state index contributed by atoms with van der Waals surface area (Å²) in [4.78, 5) is 13.1. The zero-order chi connectivity index (χ0) is 13.1. The minimum Gasteiger partial charge on any atom is -0.396 e. The second-order valence-corrected chi connectivity index (χ2v) is 4.58. The maximum atomic E-state index is 5.90. The standard InChI is InChI=1S/C14H18N4/c1-4-10-7-16-6-5-11(10)14-17-8-12(15)13(18-14)9(2)3/h5-9H,4,15H2,1-3H3. The second kappa shape index (κ2) is 5.12. The fraction of sp³-hybridized carbons (Fsp3) is 0.357. The highest BCUT2D eigenvalue weighted by molar-refractivity contribution is 5.61. The molecule has 0 bridgehead atoms. The van der Waals surface area contributed by atoms with E-state index in [0.29, 0.717) is 11.6 Å². The Morgan fingerprint density at radius 1 is 1.28 bits per heavy atom. The van der Waals surface area contributed by atoms with Crippen LogP contribution in [0.3, 0.4) is 0 Å². The van der Waals surface area contributed by atoms with E-state index >= 15 is 0 Å². The fourth-order valence-electron chi connectivity index (χ4n) is 1.92. The van der Waals surface area contributed by atoms with Crippen LogP contribution in [0, 0.1) is 0 Å². The van der Waals surface area contributed by atoms with Crippen molar-refractivity contribution in [2.45, 2.75) is 33.1 Å². The van der Waals surface area contributed by atoms with Gasteiger partial charge in [-0.1, -0.05) is 20.8 Å². The molecule has 2 aromatic rings. The zero-order valence-electron chi connectivity index (χ0n) is 11.0. The summed E-state index contributed by atoms with van der Waals surface area (Å²) >= 11 is 0. The van der Waals surface area contributed by atoms with Crippen molar-refractivity contribution >= 4 is 5.69 Å². The Hall–Kier alpha value is -1.97. The SMILES string of the molecule is CCc1cnccc1-c1ncc(N)c(C(C)C)n1. The van der Waals surface area contributed by atoms with Crippen LogP contribution in [0.5, 0.6) is 0 Å². The van der Waals surface area contributed by atoms with E-state index in [1.165, 1.54) is 0 Å². The molecule has 0 fully saturated rings. The van der Waals surface area contributed by atoms with E-state index in [0.717, 1.165) is 29.1 Å². The molecule has 0 spiro atoms. The summed E-state index contributed by atoms with van der Waals surface area (Å²) in [7, 11) is 0. The molecule has 0 radical (unpaired) electrons. The van der Waals surface area contributed by atoms with Crippen LogP contribution in [0.25, 0.3) is 11.4 Å². The molecule has 94 valence electrons. The second-order valence-electron chi connectivity index (χ2n) is 4.58. The molecule has 0 saturated heterocycles. The van der Waals surface area contributed by atoms with Crippen molar-refractivity contribution in [3.8, 4) is 11.4 Å². The molecular weight excluding hydrogens is 224 g/mol. The molecule has 0 saturated carbocycles. The van der Waals surface area contributed by atoms with Crippen molar-refractivity contribution < 1.29 is 0 Å². The summed E-state index contributed by atoms with van der Waals surface area (Å²) in [5, 5.41) is 0. The van der Waals surface area contributed by atoms with Crippen molar-refractivity contribution in [2.75, 3.05) is 5.73 Å². The van der Waals surface area contributed by atoms with Gasteiger partial charge in [0.1, 0.15) is 0 Å². The van der Waals surface area contributed by atoms with Gasteiger partial charge in [-0.2, -0.15) is 0 Å². The first-order valence-corrected chi connectivity index (χ1v) is 6.19. The van der Waals surface area contributed by atoms with Crippen molar-refractivity contribution in [3.63, 3.8) is 0 Å². The van der Waals surface area contributed by atoms with Gasteiger partial charge in [-0.05, 0) is 24.0 Å². The number of hydrogen-bond acceptors (Lipinski definition) is 4. The Morgan fingerprint density at radius 3 is 2.72 bits per heavy atom. The number of rotatable bonds is 3. The number of anilines is 1. The van der Waals surface area contributed by atoms with E-state index in [4.69, 9.17) is 5.73 Å². The highest BCUT2D eigenvalue weighted by Crippen LogP contribution is 2.24. The first kappa shape index (κ1) is 12.5. The van der Waals surface area contributed by atoms with E-state index in [9.17, 15) is 0 Å². The highest BCUT2D eigenvalue weighted by atomic mass is 14.9. The van der Waals surface area contributed by atoms with E-state index in [1.54, 1.807) is 12.4 Å². The average Bonchev–Trinajstić information content (AvgIpc) is 2.39. The predicted octanol–water partition coefficient (Wildman–Crippen LogP) is 2.81. The van der Waals surface area contributed by atoms with Gasteiger partial charge in [-0.25, -0.2) is 9.97 Å². The summed E-state index contributed by atoms with van der Waals surface area (Å²) in [5.41, 5.74) is 9.64. The molecule has 4 heteroatoms. The molecule has 0 aliphatic rings. The first-order chi connectivity index (χ1) is 8.63. The Morgan fingerprint density at radius 2 is 2.06 bits per heavy atom. The third-order valence-electron chi connectivity index (χ3n) is 2.92. The summed E-state index contributed by atoms with van der Waals surface area (Å²) < 4.78 is 0. The Kier molecular flexibility index (Phi) is 3.55. The average molecular weight is 242 g/mol. The van der Waals surface area contributed by atoms with E-state index in [-0.39, 0.29) is 0 Å². The molecule has 0 aliphatic carbocycles. The van der Waals surface area contributed by atoms with Gasteiger partial charge in [0.05, 0.1) is 17.6 Å². The molecule has 2 aromatic heterocycles. The molecular formula is C14H18N4. The molecule has 2 N–H and O–H groups in total. The Balaban J connectivity index is 2.54. The number of nitrogens with two attached hydrogens (primary N) is 1. The third-order valence-corrected chi connectivity index (χ3v) is 2.92. The van der Waals surface area contributed by atoms with Gasteiger partial charge < -0.3 is 5.73 Å². The summed E-state index contributed by atoms with van der Waals surface area (Å²) in [6, 6.07) is 1.95. The van der Waals surface area contributed by atoms with E-state index < -0.39 is 0 Å². The lowest BCUT2D eigenvalue weighted by Crippen LogP contribution is -2.04. The van der Waals surface area contributed by atoms with Gasteiger partial charge in [0, 0.05) is 18.0 Å². The van der Waals surface area contributed by atoms with Crippen LogP contribution < -0.4 is 5.73 Å². The largest absolute Gasteiger partial charge is 0.396 e. The van der Waals surface area contributed by atoms with Crippen LogP contribution in [0.1, 0.15) is 37.9 Å². The Labute approximate surface area is 107 Å². The van der Waals surface area contributed by atoms with Crippen molar-refractivity contribution in [3.05, 3.63) is 35.9 Å². The molecule has 0 amide bonds. The minimum atomic E-state index is 0.290. The maximum absolute atomic E-state index is 5.90. The first-order valence-electron chi connectivity index (χ1n) is 6.19. The third kappa shape index (κ3) is 2.32. The highest BCUT2D eigenvalue weighted by Gasteiger charge is 2.11. The molecule has 0 unspecified atom stereocenters. The van der Waals surface area contributed by atoms with Crippen LogP contribution in [0.15, 0.2) is 24.7 Å². The van der Waals surface area contributed by atoms with Crippen LogP contribution >= 0.6 is 0 Å². The van der Waals surface area contributed by atoms with Crippen molar-refractivity contribution in [1.29, 1.82) is 0 Å². The van der Waals surface area contributed by atoms with Gasteiger partial charge in [0.15, 0.2) is 5.82 Å². The summed E-state index contributed by atoms with van der Waals surface area (Å²) in [5.74, 6) is 1.02. The predicted molar refractivity (Wildman–Crippen MR) is 73.1 cm³/mol. The summed E-state index contributed by atoms with van der Waals surface area (Å²) in [6.45, 7) is 6.26. The number of aryl methyl sites for hydroxylation is 1. The van der Waals surface area contributed by atoms with Gasteiger partial charge >= 0.3 is 0 Å². The lowest BCUT2D eigenvalue weighted by Gasteiger charge is -2.11. The molecule has 18 heavy (non-hydrogen) atoms. The van der Waals surface area contributed by atoms with E-state index in [2.05, 4.69) is 35.7 Å². The number of nitrogen functional groups attached to an aromatic ring is 1. The molecule has 2 heterocycles. The smallest absolute Gasteiger partial charge is 0.159 e. The quantitative estimate of drug-likeness (QED) is 0.898. The number of pyridine rings is 1. The Bertz CT molecular complexity index is 549. The van der Waals surface area contributed by atoms with Gasteiger partial charge in [0.2, 0.25) is 0 Å². The normalized spacial score (nSPS) is 10.9. The van der Waals surface area contributed by atoms with Gasteiger partial charge in [0.25, 0.3) is 0 Å². The number of aromatic nitrogens is 3. The topological polar surface area (TPSA) is 64.7 Å². The molecule has 2 rings (SSSR count). The van der Waals surface area contributed by atoms with Crippen LogP contribution in [0.4, 0.5) is 5.69 Å². The number of nitrogens with zero attached hydrogens (tertiary/aromatic N) is 3. The molecule has 0 aliphatic heterocycles. The van der Waals surface area contributed by atoms with Crippen molar-refractivity contribution in [2.24, 2.45) is 0 Å². The molecule has 0 atom stereocenters. The zero-order valence-corrected chi connectivity index (χ0v) is 11.0. The van der Waals surface area contributed by atoms with Gasteiger partial charge in [-0.3, -0.25) is 4.98 Å². The van der Waals surface area contributed by atoms with Crippen LogP contribution in [-0.4, -0.2) is 15.0 Å². The van der Waals surface area contributed by atoms with Crippen LogP contribution in [0.2, 0.25) is 0 Å². The van der Waals surface area contributed by atoms with Crippen molar-refractivity contribution in [1.82, 2.24) is 15.0 Å². The number of hydrogen-bond donors (Lipinski definition) is 1. The van der Waals surface area contributed by atoms with Crippen LogP contribution in [-0.2, 0) is 6.42 Å². The summed E-state index contributed by atoms with van der Waals surface area (Å²) in [6.07, 6.45) is 6.23. The molecule has 0 aromatic carbocycles. The fourth-order valence-corrected chi connectivity index (χ4v) is 1.92. The monoisotopic (exact) mass is 242 g/mol. The lowest BCUT2D eigenvalue weighted by atomic mass is 10.1. The van der Waals surface area contributed by atoms with E-state index in [1.807, 2.05) is 12.3 Å². The lowest BCUT2D eigenvalue weighted by molar-refractivity contribution is 0.820. The minimum absolute atomic E-state index is 0.290. The molecule has 4 nitrogen and oxygen atoms in total. The van der Waals surface area contributed by atoms with Gasteiger partial charge in [-0.15, -0.1) is 0 Å². The maximum Gasteiger partial charge on any atom is 0.159 e.